The Morgan fingerprint density at radius 2 is 0.793 bits per heavy atom. The number of ether oxygens (including phenoxy) is 16. The summed E-state index contributed by atoms with van der Waals surface area (Å²) in [6.07, 6.45) is -36.2. The molecule has 0 unspecified atom stereocenters. The molecule has 7 aromatic rings. The highest BCUT2D eigenvalue weighted by atomic mass is 32.3. The van der Waals surface area contributed by atoms with Gasteiger partial charge in [-0.25, -0.2) is 42.7 Å². The third-order valence-electron chi connectivity index (χ3n) is 16.8. The standard InChI is InChI=1S/C78H75NO31S/c1-46(80)39-40-57(82)102-62-63(104-70(85)51-31-17-7-18-32-51)67(107-73(88)54-37-23-10-24-38-54)77(110-64(62)74(89)94-3)109-60-58(99-47(2)81)56(45-98-111(91,92)93)101-76(66(60)106-72(87)53-35-21-9-22-36-53)108-61-59(103-69(84)50-29-15-6-16-30-50)55(44-96-68(83)49-27-13-5-14-28-49)100-75(65(61)105-71(86)52-33-19-8-20-34-52)95-42-41-79-78(90)97-43-48-25-11-4-12-26-48/h4-38,55-56,58-67,75-77H,39-45H2,1-3H3,(H,79,90)(H,91,92,93)/t55-,56-,58+,59+,60+,61+,62+,63+,64+,65-,66-,67-,75-,76+,77-/m1/s1. The Morgan fingerprint density at radius 3 is 1.23 bits per heavy atom. The molecule has 3 aliphatic rings. The predicted molar refractivity (Wildman–Crippen MR) is 378 cm³/mol. The van der Waals surface area contributed by atoms with Crippen molar-refractivity contribution in [3.05, 3.63) is 251 Å². The van der Waals surface area contributed by atoms with Gasteiger partial charge in [-0.2, -0.15) is 8.42 Å². The molecule has 7 aromatic carbocycles. The molecular formula is C78H75NO31S. The van der Waals surface area contributed by atoms with Crippen molar-refractivity contribution in [1.82, 2.24) is 0 Å². The van der Waals surface area contributed by atoms with Crippen molar-refractivity contribution in [3.8, 4) is 0 Å². The molecule has 2 N–H and O–H groups in total. The van der Waals surface area contributed by atoms with Gasteiger partial charge in [-0.3, -0.25) is 14.1 Å². The summed E-state index contributed by atoms with van der Waals surface area (Å²) in [6, 6.07) is 51.7. The van der Waals surface area contributed by atoms with E-state index in [2.05, 4.69) is 4.99 Å². The lowest BCUT2D eigenvalue weighted by Gasteiger charge is -2.50. The highest BCUT2D eigenvalue weighted by Crippen LogP contribution is 2.40. The molecule has 0 bridgehead atoms. The second kappa shape index (κ2) is 39.6. The topological polar surface area (TPSA) is 415 Å². The van der Waals surface area contributed by atoms with E-state index >= 15 is 4.79 Å². The van der Waals surface area contributed by atoms with Gasteiger partial charge >= 0.3 is 70.2 Å². The molecule has 0 aliphatic carbocycles. The van der Waals surface area contributed by atoms with E-state index in [-0.39, 0.29) is 40.0 Å². The fourth-order valence-corrected chi connectivity index (χ4v) is 11.9. The molecule has 111 heavy (non-hydrogen) atoms. The number of aliphatic hydroxyl groups excluding tert-OH is 1. The third kappa shape index (κ3) is 23.2. The molecule has 10 rings (SSSR count). The van der Waals surface area contributed by atoms with Crippen LogP contribution in [0.25, 0.3) is 0 Å². The summed E-state index contributed by atoms with van der Waals surface area (Å²) >= 11 is 0. The predicted octanol–water partition coefficient (Wildman–Crippen LogP) is 7.27. The van der Waals surface area contributed by atoms with E-state index in [1.54, 1.807) is 60.7 Å². The molecule has 584 valence electrons. The molecule has 3 aliphatic heterocycles. The Labute approximate surface area is 634 Å². The van der Waals surface area contributed by atoms with Gasteiger partial charge in [0.15, 0.2) is 61.4 Å². The Balaban J connectivity index is 1.18. The van der Waals surface area contributed by atoms with Crippen LogP contribution in [0, 0.1) is 0 Å². The average molecular weight is 1550 g/mol. The zero-order valence-corrected chi connectivity index (χ0v) is 60.2. The Hall–Kier alpha value is -11.7. The van der Waals surface area contributed by atoms with E-state index in [1.807, 2.05) is 0 Å². The normalized spacial score (nSPS) is 23.7. The molecule has 0 spiro atoms. The van der Waals surface area contributed by atoms with Gasteiger partial charge in [0.1, 0.15) is 43.4 Å². The van der Waals surface area contributed by atoms with Gasteiger partial charge in [-0.1, -0.05) is 140 Å². The zero-order chi connectivity index (χ0) is 79.0. The molecule has 3 fully saturated rings. The molecule has 3 heterocycles. The molecule has 32 nitrogen and oxygen atoms in total. The first kappa shape index (κ1) is 81.8. The fraction of sp³-hybridized carbons (Fsp3) is 0.321. The molecule has 33 heteroatoms. The van der Waals surface area contributed by atoms with Crippen LogP contribution in [-0.2, 0) is 116 Å². The Bertz CT molecular complexity index is 4450. The number of aliphatic hydroxyl groups is 1. The molecule has 0 saturated carbocycles. The van der Waals surface area contributed by atoms with Crippen molar-refractivity contribution in [2.75, 3.05) is 33.5 Å². The number of rotatable bonds is 32. The van der Waals surface area contributed by atoms with Crippen LogP contribution in [0.4, 0.5) is 0 Å². The lowest BCUT2D eigenvalue weighted by molar-refractivity contribution is -0.376. The van der Waals surface area contributed by atoms with Crippen molar-refractivity contribution < 1.29 is 146 Å². The number of benzene rings is 7. The first-order valence-electron chi connectivity index (χ1n) is 34.4. The van der Waals surface area contributed by atoms with Gasteiger partial charge in [-0.05, 0) is 85.3 Å². The first-order chi connectivity index (χ1) is 53.5. The first-order valence-corrected chi connectivity index (χ1v) is 35.7. The maximum Gasteiger partial charge on any atom is 0.397 e. The highest BCUT2D eigenvalue weighted by molar-refractivity contribution is 7.80. The number of ketones is 1. The molecule has 15 atom stereocenters. The van der Waals surface area contributed by atoms with Crippen LogP contribution in [0.15, 0.2) is 217 Å². The van der Waals surface area contributed by atoms with E-state index in [9.17, 15) is 61.2 Å². The van der Waals surface area contributed by atoms with Crippen LogP contribution in [0.1, 0.15) is 94.4 Å². The summed E-state index contributed by atoms with van der Waals surface area (Å²) in [4.78, 5) is 147. The van der Waals surface area contributed by atoms with Crippen LogP contribution in [-0.4, -0.2) is 209 Å². The number of hydrogen-bond donors (Lipinski definition) is 2. The van der Waals surface area contributed by atoms with Gasteiger partial charge in [-0.15, -0.1) is 0 Å². The van der Waals surface area contributed by atoms with Crippen molar-refractivity contribution in [3.63, 3.8) is 0 Å². The summed E-state index contributed by atoms with van der Waals surface area (Å²) in [6.45, 7) is -1.46. The quantitative estimate of drug-likeness (QED) is 0.0104. The van der Waals surface area contributed by atoms with Gasteiger partial charge in [0.05, 0.1) is 66.7 Å². The van der Waals surface area contributed by atoms with Gasteiger partial charge in [0.25, 0.3) is 0 Å². The van der Waals surface area contributed by atoms with E-state index in [0.717, 1.165) is 14.0 Å². The monoisotopic (exact) mass is 1550 g/mol. The minimum absolute atomic E-state index is 0.0116. The van der Waals surface area contributed by atoms with E-state index < -0.39 is 207 Å². The molecule has 3 saturated heterocycles. The highest BCUT2D eigenvalue weighted by Gasteiger charge is 2.62. The average Bonchev–Trinajstić information content (AvgIpc) is 0.754. The minimum atomic E-state index is -5.60. The van der Waals surface area contributed by atoms with Crippen molar-refractivity contribution >= 4 is 76.0 Å². The summed E-state index contributed by atoms with van der Waals surface area (Å²) in [7, 11) is -4.72. The summed E-state index contributed by atoms with van der Waals surface area (Å²) in [5.41, 5.74) is -0.249. The van der Waals surface area contributed by atoms with Crippen LogP contribution >= 0.6 is 0 Å². The minimum Gasteiger partial charge on any atom is -0.467 e. The number of methoxy groups -OCH3 is 1. The smallest absolute Gasteiger partial charge is 0.397 e. The van der Waals surface area contributed by atoms with Crippen LogP contribution in [0.3, 0.4) is 0 Å². The maximum atomic E-state index is 15.2. The number of Topliss-reactive ketones (excluding diaryl/α,β-unsaturated/α-hetero) is 1. The summed E-state index contributed by atoms with van der Waals surface area (Å²) < 4.78 is 141. The number of aliphatic imine (C=N–C) groups is 1. The number of esters is 9. The molecule has 0 amide bonds. The molecular weight excluding hydrogens is 1480 g/mol. The van der Waals surface area contributed by atoms with E-state index in [0.29, 0.717) is 5.56 Å². The lowest BCUT2D eigenvalue weighted by Crippen LogP contribution is -2.69. The second-order valence-corrected chi connectivity index (χ2v) is 25.7. The van der Waals surface area contributed by atoms with Crippen LogP contribution in [0.2, 0.25) is 0 Å². The van der Waals surface area contributed by atoms with E-state index in [4.69, 9.17) is 80.0 Å². The fourth-order valence-electron chi connectivity index (χ4n) is 11.6. The SMILES string of the molecule is COC(=O)[C@H]1O[C@@H](O[C@H]2[C@@H](OC(C)=O)[C@@H](COS(=O)(=O)O)O[C@@H](O[C@H]3[C@@H](OC(=O)c4ccccc4)[C@@H](COC(=O)c4ccccc4)O[C@@H](OCCN=C(O)OCc4ccccc4)[C@@H]3OC(=O)c3ccccc3)[C@@H]2OC(=O)c2ccccc2)[C@H](OC(=O)c2ccccc2)[C@@H](OC(=O)c2ccccc2)[C@@H]1OC(=O)CCC(C)=O. The molecule has 0 aromatic heterocycles. The Morgan fingerprint density at radius 1 is 0.414 bits per heavy atom. The largest absolute Gasteiger partial charge is 0.467 e. The lowest BCUT2D eigenvalue weighted by atomic mass is 9.94. The number of carbonyl (C=O) groups is 10. The second-order valence-electron chi connectivity index (χ2n) is 24.6. The molecule has 0 radical (unpaired) electrons. The summed E-state index contributed by atoms with van der Waals surface area (Å²) in [5.74, 6) is -11.5. The number of nitrogens with zero attached hydrogens (tertiary/aromatic N) is 1. The van der Waals surface area contributed by atoms with Gasteiger partial charge in [0, 0.05) is 13.3 Å². The summed E-state index contributed by atoms with van der Waals surface area (Å²) in [5, 5.41) is 10.8. The maximum absolute atomic E-state index is 15.2. The number of carbonyl (C=O) groups excluding carboxylic acids is 10. The van der Waals surface area contributed by atoms with Crippen LogP contribution in [0.5, 0.6) is 0 Å². The van der Waals surface area contributed by atoms with Crippen LogP contribution < -0.4 is 0 Å². The van der Waals surface area contributed by atoms with Crippen molar-refractivity contribution in [1.29, 1.82) is 0 Å². The third-order valence-corrected chi connectivity index (χ3v) is 17.2. The zero-order valence-electron chi connectivity index (χ0n) is 59.4. The van der Waals surface area contributed by atoms with Crippen molar-refractivity contribution in [2.45, 2.75) is 125 Å². The Kier molecular flexibility index (Phi) is 29.2. The van der Waals surface area contributed by atoms with E-state index in [1.165, 1.54) is 159 Å². The van der Waals surface area contributed by atoms with Crippen molar-refractivity contribution in [2.24, 2.45) is 4.99 Å². The number of hydrogen-bond acceptors (Lipinski definition) is 30. The van der Waals surface area contributed by atoms with Gasteiger partial charge in [0.2, 0.25) is 6.29 Å². The van der Waals surface area contributed by atoms with Gasteiger partial charge < -0.3 is 85.7 Å².